The second-order valence-corrected chi connectivity index (χ2v) is 3.64. The van der Waals surface area contributed by atoms with Crippen molar-refractivity contribution < 1.29 is 4.84 Å². The largest absolute Gasteiger partial charge is 0.309 e. The van der Waals surface area contributed by atoms with E-state index >= 15 is 0 Å². The molecule has 0 aromatic heterocycles. The molecule has 0 spiro atoms. The van der Waals surface area contributed by atoms with Crippen LogP contribution in [0.1, 0.15) is 13.3 Å². The minimum atomic E-state index is -0.680. The van der Waals surface area contributed by atoms with E-state index in [1.165, 1.54) is 0 Å². The van der Waals surface area contributed by atoms with E-state index < -0.39 is 5.97 Å². The molecule has 1 aliphatic heterocycles. The molecule has 5 nitrogen and oxygen atoms in total. The molecule has 1 saturated heterocycles. The molecule has 5 heteroatoms. The Bertz CT molecular complexity index is 158. The Morgan fingerprint density at radius 3 is 2.38 bits per heavy atom. The van der Waals surface area contributed by atoms with E-state index in [4.69, 9.17) is 10.6 Å². The SMILES string of the molecule is CCN(CCCN(C)C)C1(N)NO1. The molecule has 0 aliphatic carbocycles. The predicted octanol–water partition coefficient (Wildman–Crippen LogP) is -0.635. The highest BCUT2D eigenvalue weighted by molar-refractivity contribution is 4.76. The third-order valence-corrected chi connectivity index (χ3v) is 2.20. The highest BCUT2D eigenvalue weighted by Crippen LogP contribution is 2.17. The Balaban J connectivity index is 2.17. The molecule has 1 heterocycles. The zero-order chi connectivity index (χ0) is 9.90. The van der Waals surface area contributed by atoms with Crippen molar-refractivity contribution in [2.45, 2.75) is 19.3 Å². The van der Waals surface area contributed by atoms with Crippen LogP contribution >= 0.6 is 0 Å². The second-order valence-electron chi connectivity index (χ2n) is 3.64. The molecule has 0 bridgehead atoms. The van der Waals surface area contributed by atoms with E-state index in [0.29, 0.717) is 0 Å². The number of rotatable bonds is 6. The van der Waals surface area contributed by atoms with Crippen LogP contribution in [0, 0.1) is 0 Å². The van der Waals surface area contributed by atoms with Crippen molar-refractivity contribution in [3.8, 4) is 0 Å². The first-order valence-corrected chi connectivity index (χ1v) is 4.72. The summed E-state index contributed by atoms with van der Waals surface area (Å²) in [5.74, 6) is -0.680. The van der Waals surface area contributed by atoms with E-state index in [0.717, 1.165) is 26.1 Å². The van der Waals surface area contributed by atoms with Gasteiger partial charge in [-0.2, -0.15) is 0 Å². The summed E-state index contributed by atoms with van der Waals surface area (Å²) in [5, 5.41) is 0. The highest BCUT2D eigenvalue weighted by atomic mass is 16.8. The molecular weight excluding hydrogens is 168 g/mol. The van der Waals surface area contributed by atoms with Crippen LogP contribution in [0.2, 0.25) is 0 Å². The summed E-state index contributed by atoms with van der Waals surface area (Å²) in [6, 6.07) is 0. The Morgan fingerprint density at radius 1 is 1.38 bits per heavy atom. The van der Waals surface area contributed by atoms with Gasteiger partial charge in [-0.1, -0.05) is 6.92 Å². The predicted molar refractivity (Wildman–Crippen MR) is 51.6 cm³/mol. The Labute approximate surface area is 79.8 Å². The number of nitrogens with two attached hydrogens (primary N) is 1. The minimum Gasteiger partial charge on any atom is -0.309 e. The first-order chi connectivity index (χ1) is 6.08. The summed E-state index contributed by atoms with van der Waals surface area (Å²) in [5.41, 5.74) is 8.49. The first-order valence-electron chi connectivity index (χ1n) is 4.72. The molecule has 1 unspecified atom stereocenters. The van der Waals surface area contributed by atoms with Crippen molar-refractivity contribution in [1.82, 2.24) is 15.3 Å². The molecule has 0 amide bonds. The van der Waals surface area contributed by atoms with Gasteiger partial charge in [0.25, 0.3) is 5.97 Å². The van der Waals surface area contributed by atoms with Gasteiger partial charge in [-0.15, -0.1) is 5.48 Å². The third kappa shape index (κ3) is 3.21. The summed E-state index contributed by atoms with van der Waals surface area (Å²) in [6.45, 7) is 5.01. The standard InChI is InChI=1S/C8H20N4O/c1-4-12(8(9)10-13-8)7-5-6-11(2)3/h10H,4-7,9H2,1-3H3. The van der Waals surface area contributed by atoms with Gasteiger partial charge in [-0.3, -0.25) is 5.73 Å². The Kier molecular flexibility index (Phi) is 3.63. The topological polar surface area (TPSA) is 67.0 Å². The summed E-state index contributed by atoms with van der Waals surface area (Å²) in [4.78, 5) is 9.19. The zero-order valence-electron chi connectivity index (χ0n) is 8.71. The lowest BCUT2D eigenvalue weighted by atomic mass is 10.3. The van der Waals surface area contributed by atoms with Crippen LogP contribution in [0.3, 0.4) is 0 Å². The van der Waals surface area contributed by atoms with Crippen molar-refractivity contribution in [2.75, 3.05) is 33.7 Å². The second kappa shape index (κ2) is 4.34. The smallest absolute Gasteiger partial charge is 0.275 e. The number of hydrogen-bond donors (Lipinski definition) is 2. The maximum absolute atomic E-state index is 5.80. The summed E-state index contributed by atoms with van der Waals surface area (Å²) in [7, 11) is 4.14. The van der Waals surface area contributed by atoms with Gasteiger partial charge in [0.2, 0.25) is 0 Å². The van der Waals surface area contributed by atoms with Gasteiger partial charge in [-0.25, -0.2) is 9.74 Å². The summed E-state index contributed by atoms with van der Waals surface area (Å²) >= 11 is 0. The first kappa shape index (κ1) is 10.9. The van der Waals surface area contributed by atoms with Crippen LogP contribution in [-0.4, -0.2) is 49.5 Å². The Hall–Kier alpha value is -0.200. The van der Waals surface area contributed by atoms with Gasteiger partial charge < -0.3 is 4.90 Å². The third-order valence-electron chi connectivity index (χ3n) is 2.20. The van der Waals surface area contributed by atoms with Crippen LogP contribution in [0.15, 0.2) is 0 Å². The fourth-order valence-corrected chi connectivity index (χ4v) is 1.32. The maximum atomic E-state index is 5.80. The molecule has 0 radical (unpaired) electrons. The van der Waals surface area contributed by atoms with Gasteiger partial charge in [0.15, 0.2) is 0 Å². The normalized spacial score (nSPS) is 27.2. The van der Waals surface area contributed by atoms with E-state index in [-0.39, 0.29) is 0 Å². The average Bonchev–Trinajstić information content (AvgIpc) is 2.78. The molecule has 0 aromatic carbocycles. The lowest BCUT2D eigenvalue weighted by molar-refractivity contribution is 0.0848. The number of nitrogens with one attached hydrogen (secondary N) is 1. The monoisotopic (exact) mass is 188 g/mol. The van der Waals surface area contributed by atoms with Crippen LogP contribution < -0.4 is 11.2 Å². The highest BCUT2D eigenvalue weighted by Gasteiger charge is 2.46. The molecule has 1 atom stereocenters. The van der Waals surface area contributed by atoms with Crippen molar-refractivity contribution in [3.05, 3.63) is 0 Å². The van der Waals surface area contributed by atoms with Crippen LogP contribution in [0.4, 0.5) is 0 Å². The minimum absolute atomic E-state index is 0.680. The van der Waals surface area contributed by atoms with Crippen molar-refractivity contribution >= 4 is 0 Å². The maximum Gasteiger partial charge on any atom is 0.275 e. The van der Waals surface area contributed by atoms with E-state index in [1.807, 2.05) is 0 Å². The quantitative estimate of drug-likeness (QED) is 0.429. The lowest BCUT2D eigenvalue weighted by Crippen LogP contribution is -2.48. The Morgan fingerprint density at radius 2 is 2.00 bits per heavy atom. The van der Waals surface area contributed by atoms with E-state index in [9.17, 15) is 0 Å². The fourth-order valence-electron chi connectivity index (χ4n) is 1.32. The van der Waals surface area contributed by atoms with Gasteiger partial charge >= 0.3 is 0 Å². The molecule has 1 rings (SSSR count). The zero-order valence-corrected chi connectivity index (χ0v) is 8.71. The van der Waals surface area contributed by atoms with Crippen LogP contribution in [-0.2, 0) is 4.84 Å². The van der Waals surface area contributed by atoms with Crippen molar-refractivity contribution in [1.29, 1.82) is 0 Å². The van der Waals surface area contributed by atoms with Crippen molar-refractivity contribution in [2.24, 2.45) is 5.73 Å². The van der Waals surface area contributed by atoms with E-state index in [2.05, 4.69) is 36.3 Å². The fraction of sp³-hybridized carbons (Fsp3) is 1.00. The number of nitrogens with zero attached hydrogens (tertiary/aromatic N) is 2. The van der Waals surface area contributed by atoms with Gasteiger partial charge in [0.05, 0.1) is 0 Å². The van der Waals surface area contributed by atoms with Gasteiger partial charge in [0, 0.05) is 13.1 Å². The van der Waals surface area contributed by atoms with Gasteiger partial charge in [0.1, 0.15) is 0 Å². The van der Waals surface area contributed by atoms with Gasteiger partial charge in [-0.05, 0) is 27.1 Å². The van der Waals surface area contributed by atoms with Crippen molar-refractivity contribution in [3.63, 3.8) is 0 Å². The van der Waals surface area contributed by atoms with E-state index in [1.54, 1.807) is 0 Å². The molecule has 0 saturated carbocycles. The summed E-state index contributed by atoms with van der Waals surface area (Å²) < 4.78 is 0. The molecule has 0 aromatic rings. The lowest BCUT2D eigenvalue weighted by Gasteiger charge is -2.23. The molecule has 13 heavy (non-hydrogen) atoms. The average molecular weight is 188 g/mol. The molecule has 78 valence electrons. The summed E-state index contributed by atoms with van der Waals surface area (Å²) in [6.07, 6.45) is 1.10. The number of hydroxylamine groups is 1. The van der Waals surface area contributed by atoms with Crippen LogP contribution in [0.25, 0.3) is 0 Å². The molecule has 1 aliphatic rings. The van der Waals surface area contributed by atoms with Crippen LogP contribution in [0.5, 0.6) is 0 Å². The number of hydrogen-bond acceptors (Lipinski definition) is 5. The molecule has 1 fully saturated rings. The molecule has 3 N–H and O–H groups in total. The molecular formula is C8H20N4O.